The smallest absolute Gasteiger partial charge is 0.249 e. The van der Waals surface area contributed by atoms with Crippen LogP contribution in [0.4, 0.5) is 0 Å². The molecule has 0 saturated carbocycles. The van der Waals surface area contributed by atoms with Crippen molar-refractivity contribution in [2.45, 2.75) is 19.0 Å². The number of primary amides is 1. The fraction of sp³-hybridized carbons (Fsp3) is 0.417. The quantitative estimate of drug-likeness (QED) is 0.830. The van der Waals surface area contributed by atoms with Gasteiger partial charge in [-0.3, -0.25) is 4.79 Å². The molecule has 0 aromatic heterocycles. The molecule has 86 valence electrons. The number of nitrogens with two attached hydrogens (primary N) is 1. The van der Waals surface area contributed by atoms with Gasteiger partial charge in [-0.2, -0.15) is 11.8 Å². The highest BCUT2D eigenvalue weighted by Gasteiger charge is 2.15. The van der Waals surface area contributed by atoms with E-state index < -0.39 is 0 Å². The van der Waals surface area contributed by atoms with Crippen molar-refractivity contribution in [1.29, 1.82) is 0 Å². The normalized spacial score (nSPS) is 19.9. The number of benzene rings is 1. The van der Waals surface area contributed by atoms with E-state index in [4.69, 9.17) is 5.73 Å². The fourth-order valence-corrected chi connectivity index (χ4v) is 3.05. The molecule has 1 unspecified atom stereocenters. The predicted octanol–water partition coefficient (Wildman–Crippen LogP) is 1.38. The van der Waals surface area contributed by atoms with Crippen LogP contribution in [-0.2, 0) is 6.54 Å². The fourth-order valence-electron chi connectivity index (χ4n) is 1.86. The van der Waals surface area contributed by atoms with Gasteiger partial charge in [-0.25, -0.2) is 0 Å². The maximum atomic E-state index is 11.2. The van der Waals surface area contributed by atoms with Gasteiger partial charge in [0.25, 0.3) is 0 Å². The highest BCUT2D eigenvalue weighted by Crippen LogP contribution is 2.18. The van der Waals surface area contributed by atoms with Crippen molar-refractivity contribution in [3.63, 3.8) is 0 Å². The standard InChI is InChI=1S/C12H16N2OS/c13-12(15)11-4-2-1-3-9(11)7-14-10-5-6-16-8-10/h1-4,10,14H,5-8H2,(H2,13,15). The maximum Gasteiger partial charge on any atom is 0.249 e. The lowest BCUT2D eigenvalue weighted by Gasteiger charge is -2.12. The molecule has 0 spiro atoms. The van der Waals surface area contributed by atoms with Gasteiger partial charge in [0, 0.05) is 23.9 Å². The molecular weight excluding hydrogens is 220 g/mol. The molecule has 1 aromatic carbocycles. The van der Waals surface area contributed by atoms with Gasteiger partial charge >= 0.3 is 0 Å². The third-order valence-electron chi connectivity index (χ3n) is 2.79. The lowest BCUT2D eigenvalue weighted by Crippen LogP contribution is -2.29. The monoisotopic (exact) mass is 236 g/mol. The number of thioether (sulfide) groups is 1. The van der Waals surface area contributed by atoms with Crippen LogP contribution in [0.5, 0.6) is 0 Å². The summed E-state index contributed by atoms with van der Waals surface area (Å²) < 4.78 is 0. The molecule has 2 rings (SSSR count). The Labute approximate surface area is 99.8 Å². The summed E-state index contributed by atoms with van der Waals surface area (Å²) in [5.74, 6) is 2.05. The molecule has 1 aliphatic rings. The van der Waals surface area contributed by atoms with E-state index in [9.17, 15) is 4.79 Å². The molecule has 1 aromatic rings. The Kier molecular flexibility index (Phi) is 3.85. The van der Waals surface area contributed by atoms with E-state index in [-0.39, 0.29) is 5.91 Å². The number of amides is 1. The van der Waals surface area contributed by atoms with E-state index in [1.54, 1.807) is 6.07 Å². The minimum absolute atomic E-state index is 0.349. The molecule has 1 aliphatic heterocycles. The highest BCUT2D eigenvalue weighted by atomic mass is 32.2. The second-order valence-corrected chi connectivity index (χ2v) is 5.11. The third-order valence-corrected chi connectivity index (χ3v) is 3.96. The van der Waals surface area contributed by atoms with E-state index in [2.05, 4.69) is 5.32 Å². The minimum atomic E-state index is -0.349. The first-order valence-electron chi connectivity index (χ1n) is 5.46. The Morgan fingerprint density at radius 1 is 1.50 bits per heavy atom. The number of rotatable bonds is 4. The van der Waals surface area contributed by atoms with Crippen molar-refractivity contribution in [3.8, 4) is 0 Å². The SMILES string of the molecule is NC(=O)c1ccccc1CNC1CCSC1. The molecule has 3 nitrogen and oxygen atoms in total. The summed E-state index contributed by atoms with van der Waals surface area (Å²) in [7, 11) is 0. The van der Waals surface area contributed by atoms with Crippen LogP contribution in [0.2, 0.25) is 0 Å². The Morgan fingerprint density at radius 2 is 2.31 bits per heavy atom. The van der Waals surface area contributed by atoms with Crippen LogP contribution >= 0.6 is 11.8 Å². The minimum Gasteiger partial charge on any atom is -0.366 e. The molecule has 0 aliphatic carbocycles. The largest absolute Gasteiger partial charge is 0.366 e. The van der Waals surface area contributed by atoms with E-state index in [0.717, 1.165) is 12.1 Å². The summed E-state index contributed by atoms with van der Waals surface area (Å²) in [6.07, 6.45) is 1.21. The lowest BCUT2D eigenvalue weighted by molar-refractivity contribution is 0.0999. The second kappa shape index (κ2) is 5.37. The molecule has 4 heteroatoms. The number of hydrogen-bond acceptors (Lipinski definition) is 3. The van der Waals surface area contributed by atoms with Gasteiger partial charge in [0.15, 0.2) is 0 Å². The Morgan fingerprint density at radius 3 is 3.00 bits per heavy atom. The summed E-state index contributed by atoms with van der Waals surface area (Å²) in [6.45, 7) is 0.727. The summed E-state index contributed by atoms with van der Waals surface area (Å²) in [5, 5.41) is 3.46. The van der Waals surface area contributed by atoms with Crippen molar-refractivity contribution in [2.75, 3.05) is 11.5 Å². The summed E-state index contributed by atoms with van der Waals surface area (Å²) in [4.78, 5) is 11.2. The molecule has 1 amide bonds. The number of carbonyl (C=O) groups is 1. The van der Waals surface area contributed by atoms with Crippen LogP contribution in [0.3, 0.4) is 0 Å². The predicted molar refractivity (Wildman–Crippen MR) is 67.5 cm³/mol. The van der Waals surface area contributed by atoms with E-state index in [1.165, 1.54) is 17.9 Å². The lowest BCUT2D eigenvalue weighted by atomic mass is 10.1. The van der Waals surface area contributed by atoms with Gasteiger partial charge in [-0.15, -0.1) is 0 Å². The average Bonchev–Trinajstić information content (AvgIpc) is 2.79. The summed E-state index contributed by atoms with van der Waals surface area (Å²) in [6, 6.07) is 8.09. The second-order valence-electron chi connectivity index (χ2n) is 3.96. The summed E-state index contributed by atoms with van der Waals surface area (Å²) in [5.41, 5.74) is 6.95. The molecule has 1 atom stereocenters. The van der Waals surface area contributed by atoms with Crippen molar-refractivity contribution in [1.82, 2.24) is 5.32 Å². The maximum absolute atomic E-state index is 11.2. The molecule has 0 bridgehead atoms. The summed E-state index contributed by atoms with van der Waals surface area (Å²) >= 11 is 1.97. The zero-order chi connectivity index (χ0) is 11.4. The van der Waals surface area contributed by atoms with Crippen LogP contribution in [-0.4, -0.2) is 23.5 Å². The van der Waals surface area contributed by atoms with Crippen molar-refractivity contribution in [2.24, 2.45) is 5.73 Å². The van der Waals surface area contributed by atoms with E-state index in [0.29, 0.717) is 11.6 Å². The Bertz CT molecular complexity index is 375. The molecule has 1 saturated heterocycles. The van der Waals surface area contributed by atoms with Gasteiger partial charge in [0.2, 0.25) is 5.91 Å². The number of hydrogen-bond donors (Lipinski definition) is 2. The first kappa shape index (κ1) is 11.5. The van der Waals surface area contributed by atoms with Gasteiger partial charge in [-0.05, 0) is 23.8 Å². The van der Waals surface area contributed by atoms with Crippen LogP contribution < -0.4 is 11.1 Å². The van der Waals surface area contributed by atoms with E-state index in [1.807, 2.05) is 30.0 Å². The average molecular weight is 236 g/mol. The van der Waals surface area contributed by atoms with Crippen LogP contribution in [0.1, 0.15) is 22.3 Å². The first-order valence-corrected chi connectivity index (χ1v) is 6.61. The Hall–Kier alpha value is -1.00. The van der Waals surface area contributed by atoms with Crippen molar-refractivity contribution < 1.29 is 4.79 Å². The van der Waals surface area contributed by atoms with Crippen LogP contribution in [0, 0.1) is 0 Å². The van der Waals surface area contributed by atoms with Crippen LogP contribution in [0.25, 0.3) is 0 Å². The zero-order valence-corrected chi connectivity index (χ0v) is 9.93. The van der Waals surface area contributed by atoms with Crippen LogP contribution in [0.15, 0.2) is 24.3 Å². The Balaban J connectivity index is 2.00. The van der Waals surface area contributed by atoms with E-state index >= 15 is 0 Å². The number of carbonyl (C=O) groups excluding carboxylic acids is 1. The molecule has 1 fully saturated rings. The first-order chi connectivity index (χ1) is 7.77. The van der Waals surface area contributed by atoms with Gasteiger partial charge in [-0.1, -0.05) is 18.2 Å². The van der Waals surface area contributed by atoms with Crippen molar-refractivity contribution >= 4 is 17.7 Å². The van der Waals surface area contributed by atoms with Gasteiger partial charge in [0.05, 0.1) is 0 Å². The van der Waals surface area contributed by atoms with Crippen molar-refractivity contribution in [3.05, 3.63) is 35.4 Å². The van der Waals surface area contributed by atoms with Gasteiger partial charge < -0.3 is 11.1 Å². The molecule has 16 heavy (non-hydrogen) atoms. The molecule has 3 N–H and O–H groups in total. The zero-order valence-electron chi connectivity index (χ0n) is 9.11. The molecule has 0 radical (unpaired) electrons. The third kappa shape index (κ3) is 2.77. The number of nitrogens with one attached hydrogen (secondary N) is 1. The topological polar surface area (TPSA) is 55.1 Å². The molecule has 1 heterocycles. The highest BCUT2D eigenvalue weighted by molar-refractivity contribution is 7.99. The van der Waals surface area contributed by atoms with Gasteiger partial charge in [0.1, 0.15) is 0 Å². The molecular formula is C12H16N2OS.